The highest BCUT2D eigenvalue weighted by Crippen LogP contribution is 2.13. The lowest BCUT2D eigenvalue weighted by Crippen LogP contribution is -2.35. The van der Waals surface area contributed by atoms with Gasteiger partial charge >= 0.3 is 6.09 Å². The van der Waals surface area contributed by atoms with Crippen LogP contribution in [0.1, 0.15) is 47.1 Å². The number of nitrogens with one attached hydrogen (secondary N) is 2. The van der Waals surface area contributed by atoms with Crippen LogP contribution in [0.4, 0.5) is 10.5 Å². The van der Waals surface area contributed by atoms with E-state index in [1.807, 2.05) is 45.0 Å². The van der Waals surface area contributed by atoms with Crippen molar-refractivity contribution in [2.24, 2.45) is 0 Å². The highest BCUT2D eigenvalue weighted by atomic mass is 16.6. The van der Waals surface area contributed by atoms with Gasteiger partial charge in [0.15, 0.2) is 0 Å². The van der Waals surface area contributed by atoms with E-state index < -0.39 is 11.7 Å². The molecule has 0 heterocycles. The van der Waals surface area contributed by atoms with Crippen LogP contribution in [-0.4, -0.2) is 17.2 Å². The lowest BCUT2D eigenvalue weighted by Gasteiger charge is -2.21. The second kappa shape index (κ2) is 6.27. The topological polar surface area (TPSA) is 50.4 Å². The fourth-order valence-corrected chi connectivity index (χ4v) is 1.49. The summed E-state index contributed by atoms with van der Waals surface area (Å²) in [5.41, 5.74) is 1.52. The second-order valence-corrected chi connectivity index (χ2v) is 6.93. The molecular weight excluding hydrogens is 252 g/mol. The molecule has 0 unspecified atom stereocenters. The number of carbonyl (C=O) groups is 1. The Labute approximate surface area is 121 Å². The Kier molecular flexibility index (Phi) is 5.17. The van der Waals surface area contributed by atoms with Crippen LogP contribution in [0, 0.1) is 0 Å². The molecule has 0 aliphatic heterocycles. The van der Waals surface area contributed by atoms with Crippen LogP contribution in [0.25, 0.3) is 0 Å². The van der Waals surface area contributed by atoms with Gasteiger partial charge in [-0.3, -0.25) is 5.32 Å². The first-order chi connectivity index (χ1) is 9.05. The van der Waals surface area contributed by atoms with Crippen molar-refractivity contribution in [2.75, 3.05) is 5.32 Å². The van der Waals surface area contributed by atoms with Crippen molar-refractivity contribution in [3.05, 3.63) is 29.8 Å². The van der Waals surface area contributed by atoms with Gasteiger partial charge in [-0.2, -0.15) is 0 Å². The number of ether oxygens (including phenoxy) is 1. The van der Waals surface area contributed by atoms with Crippen molar-refractivity contribution in [1.29, 1.82) is 0 Å². The molecule has 0 fully saturated rings. The first kappa shape index (κ1) is 16.5. The minimum absolute atomic E-state index is 0.0907. The predicted molar refractivity (Wildman–Crippen MR) is 82.9 cm³/mol. The van der Waals surface area contributed by atoms with Crippen LogP contribution in [0.3, 0.4) is 0 Å². The number of rotatable bonds is 3. The molecule has 0 spiro atoms. The quantitative estimate of drug-likeness (QED) is 0.881. The molecule has 0 atom stereocenters. The number of hydrogen-bond acceptors (Lipinski definition) is 3. The summed E-state index contributed by atoms with van der Waals surface area (Å²) in [5, 5.41) is 6.13. The average molecular weight is 278 g/mol. The third kappa shape index (κ3) is 7.14. The summed E-state index contributed by atoms with van der Waals surface area (Å²) in [4.78, 5) is 11.6. The van der Waals surface area contributed by atoms with E-state index in [1.54, 1.807) is 0 Å². The average Bonchev–Trinajstić information content (AvgIpc) is 2.24. The minimum Gasteiger partial charge on any atom is -0.444 e. The van der Waals surface area contributed by atoms with Crippen LogP contribution >= 0.6 is 0 Å². The highest BCUT2D eigenvalue weighted by molar-refractivity contribution is 5.84. The molecule has 0 aromatic heterocycles. The summed E-state index contributed by atoms with van der Waals surface area (Å²) in [7, 11) is 0. The maximum Gasteiger partial charge on any atom is 0.412 e. The minimum atomic E-state index is -0.485. The van der Waals surface area contributed by atoms with Gasteiger partial charge in [0.25, 0.3) is 0 Å². The molecule has 0 aliphatic carbocycles. The van der Waals surface area contributed by atoms with Crippen LogP contribution in [0.5, 0.6) is 0 Å². The Balaban J connectivity index is 2.52. The molecule has 4 heteroatoms. The Bertz CT molecular complexity index is 439. The maximum atomic E-state index is 11.6. The van der Waals surface area contributed by atoms with Crippen LogP contribution in [0.15, 0.2) is 24.3 Å². The molecular formula is C16H26N2O2. The van der Waals surface area contributed by atoms with Gasteiger partial charge in [-0.1, -0.05) is 12.1 Å². The van der Waals surface area contributed by atoms with E-state index in [-0.39, 0.29) is 5.54 Å². The van der Waals surface area contributed by atoms with Gasteiger partial charge in [0.1, 0.15) is 5.60 Å². The van der Waals surface area contributed by atoms with E-state index in [4.69, 9.17) is 4.74 Å². The molecule has 20 heavy (non-hydrogen) atoms. The maximum absolute atomic E-state index is 11.6. The zero-order valence-electron chi connectivity index (χ0n) is 13.3. The summed E-state index contributed by atoms with van der Waals surface area (Å²) in [5.74, 6) is 0. The van der Waals surface area contributed by atoms with E-state index in [2.05, 4.69) is 31.4 Å². The summed E-state index contributed by atoms with van der Waals surface area (Å²) in [6, 6.07) is 7.74. The predicted octanol–water partition coefficient (Wildman–Crippen LogP) is 3.92. The molecule has 2 N–H and O–H groups in total. The Morgan fingerprint density at radius 2 is 1.60 bits per heavy atom. The van der Waals surface area contributed by atoms with Crippen LogP contribution in [0.2, 0.25) is 0 Å². The number of carbonyl (C=O) groups excluding carboxylic acids is 1. The zero-order chi connectivity index (χ0) is 15.4. The Hall–Kier alpha value is -1.55. The van der Waals surface area contributed by atoms with Gasteiger partial charge < -0.3 is 10.1 Å². The highest BCUT2D eigenvalue weighted by Gasteiger charge is 2.16. The third-order valence-corrected chi connectivity index (χ3v) is 2.42. The summed E-state index contributed by atoms with van der Waals surface area (Å²) >= 11 is 0. The molecule has 0 bridgehead atoms. The standard InChI is InChI=1S/C16H26N2O2/c1-15(2,3)17-11-12-7-9-13(10-8-12)18-14(19)20-16(4,5)6/h7-10,17H,11H2,1-6H3,(H,18,19). The molecule has 1 amide bonds. The molecule has 0 radical (unpaired) electrons. The lowest BCUT2D eigenvalue weighted by molar-refractivity contribution is 0.0636. The van der Waals surface area contributed by atoms with E-state index in [9.17, 15) is 4.79 Å². The van der Waals surface area contributed by atoms with Crippen molar-refractivity contribution in [3.8, 4) is 0 Å². The number of hydrogen-bond donors (Lipinski definition) is 2. The van der Waals surface area contributed by atoms with Gasteiger partial charge in [0.2, 0.25) is 0 Å². The molecule has 4 nitrogen and oxygen atoms in total. The monoisotopic (exact) mass is 278 g/mol. The molecule has 112 valence electrons. The van der Waals surface area contributed by atoms with Crippen molar-refractivity contribution >= 4 is 11.8 Å². The number of amides is 1. The molecule has 1 rings (SSSR count). The SMILES string of the molecule is CC(C)(C)NCc1ccc(NC(=O)OC(C)(C)C)cc1. The fraction of sp³-hybridized carbons (Fsp3) is 0.562. The van der Waals surface area contributed by atoms with Crippen LogP contribution in [-0.2, 0) is 11.3 Å². The second-order valence-electron chi connectivity index (χ2n) is 6.93. The molecule has 0 saturated heterocycles. The van der Waals surface area contributed by atoms with Crippen LogP contribution < -0.4 is 10.6 Å². The summed E-state index contributed by atoms with van der Waals surface area (Å²) in [6.45, 7) is 12.7. The fourth-order valence-electron chi connectivity index (χ4n) is 1.49. The summed E-state index contributed by atoms with van der Waals surface area (Å²) < 4.78 is 5.20. The summed E-state index contributed by atoms with van der Waals surface area (Å²) in [6.07, 6.45) is -0.432. The Morgan fingerprint density at radius 1 is 1.05 bits per heavy atom. The van der Waals surface area contributed by atoms with Crippen molar-refractivity contribution < 1.29 is 9.53 Å². The van der Waals surface area contributed by atoms with Gasteiger partial charge in [-0.15, -0.1) is 0 Å². The molecule has 0 saturated carbocycles. The van der Waals surface area contributed by atoms with Gasteiger partial charge in [0, 0.05) is 17.8 Å². The molecule has 1 aromatic carbocycles. The Morgan fingerprint density at radius 3 is 2.05 bits per heavy atom. The van der Waals surface area contributed by atoms with Crippen molar-refractivity contribution in [1.82, 2.24) is 5.32 Å². The zero-order valence-corrected chi connectivity index (χ0v) is 13.3. The van der Waals surface area contributed by atoms with E-state index in [0.29, 0.717) is 0 Å². The number of benzene rings is 1. The first-order valence-corrected chi connectivity index (χ1v) is 6.89. The smallest absolute Gasteiger partial charge is 0.412 e. The van der Waals surface area contributed by atoms with Crippen molar-refractivity contribution in [3.63, 3.8) is 0 Å². The molecule has 0 aliphatic rings. The van der Waals surface area contributed by atoms with Gasteiger partial charge in [0.05, 0.1) is 0 Å². The lowest BCUT2D eigenvalue weighted by atomic mass is 10.1. The first-order valence-electron chi connectivity index (χ1n) is 6.89. The van der Waals surface area contributed by atoms with E-state index >= 15 is 0 Å². The normalized spacial score (nSPS) is 12.1. The van der Waals surface area contributed by atoms with E-state index in [1.165, 1.54) is 5.56 Å². The van der Waals surface area contributed by atoms with E-state index in [0.717, 1.165) is 12.2 Å². The van der Waals surface area contributed by atoms with Gasteiger partial charge in [-0.25, -0.2) is 4.79 Å². The third-order valence-electron chi connectivity index (χ3n) is 2.42. The van der Waals surface area contributed by atoms with Crippen molar-refractivity contribution in [2.45, 2.75) is 59.2 Å². The largest absolute Gasteiger partial charge is 0.444 e. The molecule has 1 aromatic rings. The number of anilines is 1. The van der Waals surface area contributed by atoms with Gasteiger partial charge in [-0.05, 0) is 59.2 Å².